The van der Waals surface area contributed by atoms with Crippen molar-refractivity contribution in [2.24, 2.45) is 0 Å². The number of aliphatic carboxylic acids is 1. The van der Waals surface area contributed by atoms with E-state index in [2.05, 4.69) is 35.3 Å². The van der Waals surface area contributed by atoms with Crippen molar-refractivity contribution < 1.29 is 14.6 Å². The average molecular weight is 321 g/mol. The Balaban J connectivity index is 2.08. The van der Waals surface area contributed by atoms with Crippen molar-refractivity contribution >= 4 is 22.9 Å². The molecule has 3 rings (SSSR count). The Kier molecular flexibility index (Phi) is 4.13. The van der Waals surface area contributed by atoms with Crippen LogP contribution in [0.25, 0.3) is 28.1 Å². The van der Waals surface area contributed by atoms with Crippen molar-refractivity contribution in [1.82, 2.24) is 4.98 Å². The van der Waals surface area contributed by atoms with E-state index in [0.717, 1.165) is 33.3 Å². The maximum Gasteiger partial charge on any atom is 0.371 e. The number of H-pyrrole nitrogens is 1. The predicted molar refractivity (Wildman–Crippen MR) is 95.8 cm³/mol. The number of hydrogen-bond acceptors (Lipinski definition) is 2. The molecule has 1 heterocycles. The van der Waals surface area contributed by atoms with Gasteiger partial charge in [-0.3, -0.25) is 0 Å². The Hall–Kier alpha value is -3.01. The van der Waals surface area contributed by atoms with Gasteiger partial charge in [-0.25, -0.2) is 4.79 Å². The van der Waals surface area contributed by atoms with E-state index in [9.17, 15) is 4.79 Å². The first-order valence-corrected chi connectivity index (χ1v) is 7.67. The molecular weight excluding hydrogens is 302 g/mol. The number of hydrogen-bond donors (Lipinski definition) is 2. The summed E-state index contributed by atoms with van der Waals surface area (Å²) in [6.07, 6.45) is 3.49. The third kappa shape index (κ3) is 2.91. The topological polar surface area (TPSA) is 62.3 Å². The quantitative estimate of drug-likeness (QED) is 0.548. The van der Waals surface area contributed by atoms with E-state index >= 15 is 0 Å². The van der Waals surface area contributed by atoms with Gasteiger partial charge in [0.05, 0.1) is 7.11 Å². The molecule has 2 aromatic carbocycles. The zero-order valence-corrected chi connectivity index (χ0v) is 13.9. The fourth-order valence-corrected chi connectivity index (χ4v) is 2.88. The highest BCUT2D eigenvalue weighted by atomic mass is 16.5. The Morgan fingerprint density at radius 1 is 1.12 bits per heavy atom. The normalized spacial score (nSPS) is 11.7. The van der Waals surface area contributed by atoms with Crippen molar-refractivity contribution in [3.05, 3.63) is 65.0 Å². The Labute approximate surface area is 140 Å². The number of methoxy groups -OCH3 is 1. The molecule has 24 heavy (non-hydrogen) atoms. The Morgan fingerprint density at radius 2 is 1.92 bits per heavy atom. The molecule has 0 unspecified atom stereocenters. The van der Waals surface area contributed by atoms with Gasteiger partial charge in [0.25, 0.3) is 0 Å². The van der Waals surface area contributed by atoms with Gasteiger partial charge < -0.3 is 14.8 Å². The van der Waals surface area contributed by atoms with Crippen molar-refractivity contribution in [3.8, 4) is 11.1 Å². The lowest BCUT2D eigenvalue weighted by molar-refractivity contribution is -0.135. The highest BCUT2D eigenvalue weighted by molar-refractivity contribution is 5.91. The lowest BCUT2D eigenvalue weighted by Crippen LogP contribution is -2.02. The zero-order chi connectivity index (χ0) is 17.3. The Bertz CT molecular complexity index is 951. The molecule has 0 fully saturated rings. The molecule has 0 saturated carbocycles. The number of aromatic nitrogens is 1. The van der Waals surface area contributed by atoms with E-state index in [1.54, 1.807) is 6.08 Å². The van der Waals surface area contributed by atoms with Crippen LogP contribution in [0.1, 0.15) is 16.7 Å². The second-order valence-corrected chi connectivity index (χ2v) is 5.82. The molecule has 1 aromatic heterocycles. The van der Waals surface area contributed by atoms with Crippen LogP contribution in [0.15, 0.2) is 48.4 Å². The van der Waals surface area contributed by atoms with Gasteiger partial charge in [-0.05, 0) is 71.3 Å². The number of fused-ring (bicyclic) bond motifs is 1. The summed E-state index contributed by atoms with van der Waals surface area (Å²) in [7, 11) is 1.36. The molecule has 3 aromatic rings. The maximum absolute atomic E-state index is 11.1. The third-order valence-corrected chi connectivity index (χ3v) is 4.19. The molecule has 0 amide bonds. The lowest BCUT2D eigenvalue weighted by atomic mass is 9.94. The monoisotopic (exact) mass is 321 g/mol. The smallest absolute Gasteiger partial charge is 0.371 e. The summed E-state index contributed by atoms with van der Waals surface area (Å²) in [4.78, 5) is 14.3. The highest BCUT2D eigenvalue weighted by Gasteiger charge is 2.11. The molecule has 4 heteroatoms. The van der Waals surface area contributed by atoms with E-state index in [1.165, 1.54) is 12.5 Å². The molecule has 0 aliphatic carbocycles. The van der Waals surface area contributed by atoms with E-state index in [-0.39, 0.29) is 5.76 Å². The molecule has 0 saturated heterocycles. The molecule has 122 valence electrons. The molecule has 0 atom stereocenters. The van der Waals surface area contributed by atoms with Crippen molar-refractivity contribution in [2.75, 3.05) is 7.11 Å². The summed E-state index contributed by atoms with van der Waals surface area (Å²) in [6.45, 7) is 4.00. The van der Waals surface area contributed by atoms with Gasteiger partial charge in [-0.1, -0.05) is 18.2 Å². The van der Waals surface area contributed by atoms with Gasteiger partial charge in [0, 0.05) is 11.7 Å². The van der Waals surface area contributed by atoms with Crippen LogP contribution < -0.4 is 0 Å². The van der Waals surface area contributed by atoms with E-state index in [1.807, 2.05) is 26.1 Å². The van der Waals surface area contributed by atoms with Gasteiger partial charge in [0.2, 0.25) is 5.76 Å². The summed E-state index contributed by atoms with van der Waals surface area (Å²) in [5.74, 6) is -1.14. The zero-order valence-electron chi connectivity index (χ0n) is 13.9. The number of aryl methyl sites for hydroxylation is 2. The molecule has 0 bridgehead atoms. The molecule has 0 aliphatic rings. The van der Waals surface area contributed by atoms with Gasteiger partial charge in [-0.2, -0.15) is 0 Å². The summed E-state index contributed by atoms with van der Waals surface area (Å²) >= 11 is 0. The van der Waals surface area contributed by atoms with E-state index in [4.69, 9.17) is 9.84 Å². The van der Waals surface area contributed by atoms with Crippen LogP contribution in [-0.2, 0) is 9.53 Å². The number of ether oxygens (including phenoxy) is 1. The summed E-state index contributed by atoms with van der Waals surface area (Å²) < 4.78 is 4.92. The summed E-state index contributed by atoms with van der Waals surface area (Å²) in [6, 6.07) is 12.4. The fourth-order valence-electron chi connectivity index (χ4n) is 2.88. The Morgan fingerprint density at radius 3 is 2.62 bits per heavy atom. The van der Waals surface area contributed by atoms with Gasteiger partial charge in [0.1, 0.15) is 0 Å². The van der Waals surface area contributed by atoms with Crippen LogP contribution in [0, 0.1) is 13.8 Å². The SMILES string of the molecule is CO/C(=C\c1cc(C)c(-c2ccc3[nH]ccc3c2)cc1C)C(=O)O. The second kappa shape index (κ2) is 6.24. The first-order valence-electron chi connectivity index (χ1n) is 7.67. The number of carboxylic acids is 1. The van der Waals surface area contributed by atoms with Gasteiger partial charge in [0.15, 0.2) is 0 Å². The molecular formula is C20H19NO3. The van der Waals surface area contributed by atoms with Gasteiger partial charge >= 0.3 is 5.97 Å². The van der Waals surface area contributed by atoms with Crippen LogP contribution in [-0.4, -0.2) is 23.2 Å². The van der Waals surface area contributed by atoms with Crippen LogP contribution in [0.3, 0.4) is 0 Å². The van der Waals surface area contributed by atoms with Crippen molar-refractivity contribution in [1.29, 1.82) is 0 Å². The molecule has 2 N–H and O–H groups in total. The number of carboxylic acid groups (broad SMARTS) is 1. The van der Waals surface area contributed by atoms with E-state index < -0.39 is 5.97 Å². The minimum atomic E-state index is -1.07. The van der Waals surface area contributed by atoms with Crippen LogP contribution in [0.5, 0.6) is 0 Å². The number of carbonyl (C=O) groups is 1. The number of nitrogens with one attached hydrogen (secondary N) is 1. The van der Waals surface area contributed by atoms with Crippen molar-refractivity contribution in [3.63, 3.8) is 0 Å². The number of benzene rings is 2. The predicted octanol–water partition coefficient (Wildman–Crippen LogP) is 4.52. The minimum absolute atomic E-state index is 0.0704. The lowest BCUT2D eigenvalue weighted by Gasteiger charge is -2.11. The van der Waals surface area contributed by atoms with Gasteiger partial charge in [-0.15, -0.1) is 0 Å². The van der Waals surface area contributed by atoms with Crippen LogP contribution in [0.2, 0.25) is 0 Å². The molecule has 0 aliphatic heterocycles. The third-order valence-electron chi connectivity index (χ3n) is 4.19. The summed E-state index contributed by atoms with van der Waals surface area (Å²) in [5.41, 5.74) is 6.32. The standard InChI is InChI=1S/C20H19NO3/c1-12-9-17(14-4-5-18-15(10-14)6-7-21-18)13(2)8-16(12)11-19(24-3)20(22)23/h4-11,21H,1-3H3,(H,22,23)/b19-11-. The first kappa shape index (κ1) is 15.9. The molecule has 0 spiro atoms. The fraction of sp³-hybridized carbons (Fsp3) is 0.150. The number of aromatic amines is 1. The minimum Gasteiger partial charge on any atom is -0.490 e. The maximum atomic E-state index is 11.1. The molecule has 4 nitrogen and oxygen atoms in total. The largest absolute Gasteiger partial charge is 0.490 e. The highest BCUT2D eigenvalue weighted by Crippen LogP contribution is 2.30. The number of rotatable bonds is 4. The van der Waals surface area contributed by atoms with Crippen LogP contribution >= 0.6 is 0 Å². The first-order chi connectivity index (χ1) is 11.5. The second-order valence-electron chi connectivity index (χ2n) is 5.82. The van der Waals surface area contributed by atoms with Crippen LogP contribution in [0.4, 0.5) is 0 Å². The van der Waals surface area contributed by atoms with Crippen molar-refractivity contribution in [2.45, 2.75) is 13.8 Å². The van der Waals surface area contributed by atoms with E-state index in [0.29, 0.717) is 0 Å². The average Bonchev–Trinajstić information content (AvgIpc) is 3.02. The molecule has 0 radical (unpaired) electrons. The summed E-state index contributed by atoms with van der Waals surface area (Å²) in [5, 5.41) is 10.3.